The first kappa shape index (κ1) is 16.4. The van der Waals surface area contributed by atoms with Gasteiger partial charge < -0.3 is 23.7 Å². The quantitative estimate of drug-likeness (QED) is 0.804. The van der Waals surface area contributed by atoms with Gasteiger partial charge in [-0.15, -0.1) is 0 Å². The molecule has 1 aromatic rings. The minimum atomic E-state index is -0.180. The van der Waals surface area contributed by atoms with Crippen LogP contribution in [0.15, 0.2) is 18.2 Å². The Morgan fingerprint density at radius 3 is 2.52 bits per heavy atom. The lowest BCUT2D eigenvalue weighted by molar-refractivity contribution is -0.0395. The van der Waals surface area contributed by atoms with E-state index in [0.29, 0.717) is 18.4 Å². The predicted octanol–water partition coefficient (Wildman–Crippen LogP) is 3.26. The summed E-state index contributed by atoms with van der Waals surface area (Å²) in [5, 5.41) is 0. The Bertz CT molecular complexity index is 498. The Labute approximate surface area is 137 Å². The second-order valence-electron chi connectivity index (χ2n) is 6.43. The number of hydrogen-bond donors (Lipinski definition) is 0. The zero-order valence-corrected chi connectivity index (χ0v) is 14.0. The fraction of sp³-hybridized carbons (Fsp3) is 0.667. The molecule has 2 aliphatic rings. The molecule has 3 rings (SSSR count). The molecule has 2 aliphatic heterocycles. The third-order valence-electron chi connectivity index (χ3n) is 4.34. The fourth-order valence-electron chi connectivity index (χ4n) is 2.91. The van der Waals surface area contributed by atoms with E-state index in [0.717, 1.165) is 56.3 Å². The van der Waals surface area contributed by atoms with Crippen molar-refractivity contribution in [2.75, 3.05) is 33.5 Å². The molecule has 2 heterocycles. The van der Waals surface area contributed by atoms with Crippen molar-refractivity contribution in [1.82, 2.24) is 0 Å². The average Bonchev–Trinajstić information content (AvgIpc) is 2.98. The molecule has 1 aromatic carbocycles. The molecule has 0 saturated carbocycles. The molecule has 0 aromatic heterocycles. The lowest BCUT2D eigenvalue weighted by Crippen LogP contribution is -2.21. The van der Waals surface area contributed by atoms with Crippen molar-refractivity contribution < 1.29 is 23.7 Å². The Morgan fingerprint density at radius 2 is 1.83 bits per heavy atom. The molecule has 1 unspecified atom stereocenters. The molecule has 2 atom stereocenters. The van der Waals surface area contributed by atoms with Crippen molar-refractivity contribution in [3.05, 3.63) is 18.2 Å². The molecule has 0 spiro atoms. The summed E-state index contributed by atoms with van der Waals surface area (Å²) in [6.45, 7) is 5.28. The maximum absolute atomic E-state index is 5.96. The summed E-state index contributed by atoms with van der Waals surface area (Å²) in [5.74, 6) is 3.33. The van der Waals surface area contributed by atoms with E-state index in [1.165, 1.54) is 0 Å². The summed E-state index contributed by atoms with van der Waals surface area (Å²) in [4.78, 5) is 0. The van der Waals surface area contributed by atoms with Gasteiger partial charge in [0.05, 0.1) is 20.3 Å². The molecule has 5 heteroatoms. The Balaban J connectivity index is 1.61. The summed E-state index contributed by atoms with van der Waals surface area (Å²) in [5.41, 5.74) is 0. The van der Waals surface area contributed by atoms with Gasteiger partial charge in [-0.3, -0.25) is 0 Å². The molecule has 2 fully saturated rings. The van der Waals surface area contributed by atoms with E-state index < -0.39 is 0 Å². The largest absolute Gasteiger partial charge is 0.496 e. The van der Waals surface area contributed by atoms with Crippen LogP contribution < -0.4 is 14.2 Å². The Morgan fingerprint density at radius 1 is 1.09 bits per heavy atom. The van der Waals surface area contributed by atoms with Crippen LogP contribution in [0.1, 0.15) is 26.2 Å². The van der Waals surface area contributed by atoms with Crippen molar-refractivity contribution in [2.45, 2.75) is 32.5 Å². The van der Waals surface area contributed by atoms with Gasteiger partial charge in [0.2, 0.25) is 0 Å². The summed E-state index contributed by atoms with van der Waals surface area (Å²) >= 11 is 0. The van der Waals surface area contributed by atoms with Gasteiger partial charge in [0.1, 0.15) is 17.2 Å². The monoisotopic (exact) mass is 322 g/mol. The molecule has 0 aliphatic carbocycles. The van der Waals surface area contributed by atoms with Crippen LogP contribution in [0.3, 0.4) is 0 Å². The SMILES string of the molecule is COc1cc(OCC2CCOCC2)cc(OC2C[C@@H](C)CO2)c1. The Kier molecular flexibility index (Phi) is 5.62. The molecule has 0 bridgehead atoms. The second kappa shape index (κ2) is 7.88. The summed E-state index contributed by atoms with van der Waals surface area (Å²) in [6, 6.07) is 5.67. The van der Waals surface area contributed by atoms with Crippen LogP contribution in [0.5, 0.6) is 17.2 Å². The Hall–Kier alpha value is -1.46. The van der Waals surface area contributed by atoms with Crippen LogP contribution in [-0.2, 0) is 9.47 Å². The lowest BCUT2D eigenvalue weighted by atomic mass is 10.0. The van der Waals surface area contributed by atoms with E-state index in [1.807, 2.05) is 18.2 Å². The zero-order valence-electron chi connectivity index (χ0n) is 14.0. The highest BCUT2D eigenvalue weighted by Crippen LogP contribution is 2.31. The smallest absolute Gasteiger partial charge is 0.200 e. The minimum Gasteiger partial charge on any atom is -0.496 e. The highest BCUT2D eigenvalue weighted by molar-refractivity contribution is 5.42. The normalized spacial score (nSPS) is 25.3. The molecule has 2 saturated heterocycles. The van der Waals surface area contributed by atoms with Gasteiger partial charge >= 0.3 is 0 Å². The fourth-order valence-corrected chi connectivity index (χ4v) is 2.91. The summed E-state index contributed by atoms with van der Waals surface area (Å²) in [7, 11) is 1.65. The number of methoxy groups -OCH3 is 1. The third-order valence-corrected chi connectivity index (χ3v) is 4.34. The van der Waals surface area contributed by atoms with Crippen molar-refractivity contribution in [1.29, 1.82) is 0 Å². The second-order valence-corrected chi connectivity index (χ2v) is 6.43. The van der Waals surface area contributed by atoms with Gasteiger partial charge in [0.25, 0.3) is 0 Å². The topological polar surface area (TPSA) is 46.2 Å². The number of rotatable bonds is 6. The van der Waals surface area contributed by atoms with Crippen molar-refractivity contribution >= 4 is 0 Å². The predicted molar refractivity (Wildman–Crippen MR) is 86.2 cm³/mol. The number of hydrogen-bond acceptors (Lipinski definition) is 5. The third kappa shape index (κ3) is 4.75. The van der Waals surface area contributed by atoms with Crippen LogP contribution in [-0.4, -0.2) is 39.8 Å². The summed E-state index contributed by atoms with van der Waals surface area (Å²) < 4.78 is 28.2. The van der Waals surface area contributed by atoms with Crippen molar-refractivity contribution in [3.8, 4) is 17.2 Å². The van der Waals surface area contributed by atoms with Crippen LogP contribution in [0.2, 0.25) is 0 Å². The molecule has 0 N–H and O–H groups in total. The highest BCUT2D eigenvalue weighted by Gasteiger charge is 2.24. The molecular weight excluding hydrogens is 296 g/mol. The maximum Gasteiger partial charge on any atom is 0.200 e. The molecule has 0 radical (unpaired) electrons. The van der Waals surface area contributed by atoms with Crippen molar-refractivity contribution in [2.24, 2.45) is 11.8 Å². The minimum absolute atomic E-state index is 0.180. The van der Waals surface area contributed by atoms with Gasteiger partial charge in [-0.05, 0) is 24.7 Å². The molecule has 5 nitrogen and oxygen atoms in total. The standard InChI is InChI=1S/C18H26O5/c1-13-7-18(22-11-13)23-17-9-15(19-2)8-16(10-17)21-12-14-3-5-20-6-4-14/h8-10,13-14,18H,3-7,11-12H2,1-2H3/t13-,18?/m1/s1. The van der Waals surface area contributed by atoms with Gasteiger partial charge in [-0.25, -0.2) is 0 Å². The van der Waals surface area contributed by atoms with Gasteiger partial charge in [0, 0.05) is 37.8 Å². The van der Waals surface area contributed by atoms with Crippen LogP contribution in [0.25, 0.3) is 0 Å². The summed E-state index contributed by atoms with van der Waals surface area (Å²) in [6.07, 6.45) is 2.85. The van der Waals surface area contributed by atoms with Crippen LogP contribution in [0.4, 0.5) is 0 Å². The van der Waals surface area contributed by atoms with E-state index in [-0.39, 0.29) is 6.29 Å². The number of ether oxygens (including phenoxy) is 5. The van der Waals surface area contributed by atoms with Crippen molar-refractivity contribution in [3.63, 3.8) is 0 Å². The van der Waals surface area contributed by atoms with Gasteiger partial charge in [-0.1, -0.05) is 6.92 Å². The number of benzene rings is 1. The van der Waals surface area contributed by atoms with E-state index in [9.17, 15) is 0 Å². The first-order chi connectivity index (χ1) is 11.2. The first-order valence-corrected chi connectivity index (χ1v) is 8.41. The van der Waals surface area contributed by atoms with E-state index >= 15 is 0 Å². The zero-order chi connectivity index (χ0) is 16.1. The van der Waals surface area contributed by atoms with E-state index in [1.54, 1.807) is 7.11 Å². The average molecular weight is 322 g/mol. The molecular formula is C18H26O5. The lowest BCUT2D eigenvalue weighted by Gasteiger charge is -2.22. The van der Waals surface area contributed by atoms with E-state index in [2.05, 4.69) is 6.92 Å². The van der Waals surface area contributed by atoms with E-state index in [4.69, 9.17) is 23.7 Å². The first-order valence-electron chi connectivity index (χ1n) is 8.41. The maximum atomic E-state index is 5.96. The van der Waals surface area contributed by atoms with Crippen LogP contribution in [0, 0.1) is 11.8 Å². The molecule has 23 heavy (non-hydrogen) atoms. The highest BCUT2D eigenvalue weighted by atomic mass is 16.7. The van der Waals surface area contributed by atoms with Gasteiger partial charge in [-0.2, -0.15) is 0 Å². The molecule has 128 valence electrons. The molecule has 0 amide bonds. The van der Waals surface area contributed by atoms with Crippen LogP contribution >= 0.6 is 0 Å². The van der Waals surface area contributed by atoms with Gasteiger partial charge in [0.15, 0.2) is 6.29 Å².